The lowest BCUT2D eigenvalue weighted by molar-refractivity contribution is -0.118. The summed E-state index contributed by atoms with van der Waals surface area (Å²) in [5, 5.41) is 0. The smallest absolute Gasteiger partial charge is 0.271 e. The zero-order valence-corrected chi connectivity index (χ0v) is 20.7. The number of aromatic nitrogens is 1. The summed E-state index contributed by atoms with van der Waals surface area (Å²) in [6, 6.07) is 10.8. The summed E-state index contributed by atoms with van der Waals surface area (Å²) in [5.41, 5.74) is 2.26. The van der Waals surface area contributed by atoms with Crippen molar-refractivity contribution in [2.24, 2.45) is 10.4 Å². The molecule has 1 atom stereocenters. The molecule has 5 rings (SSSR count). The summed E-state index contributed by atoms with van der Waals surface area (Å²) in [7, 11) is 3.11. The Hall–Kier alpha value is -3.52. The Morgan fingerprint density at radius 2 is 1.77 bits per heavy atom. The maximum atomic E-state index is 13.7. The van der Waals surface area contributed by atoms with Crippen LogP contribution in [0.15, 0.2) is 63.5 Å². The van der Waals surface area contributed by atoms with E-state index in [2.05, 4.69) is 13.8 Å². The van der Waals surface area contributed by atoms with Crippen LogP contribution in [0.1, 0.15) is 43.9 Å². The molecule has 1 unspecified atom stereocenters. The zero-order chi connectivity index (χ0) is 24.9. The Bertz CT molecular complexity index is 1550. The molecule has 35 heavy (non-hydrogen) atoms. The van der Waals surface area contributed by atoms with Gasteiger partial charge in [0.25, 0.3) is 5.56 Å². The molecule has 0 saturated carbocycles. The van der Waals surface area contributed by atoms with E-state index < -0.39 is 6.04 Å². The molecule has 3 aromatic rings. The van der Waals surface area contributed by atoms with Gasteiger partial charge < -0.3 is 9.47 Å². The second-order valence-electron chi connectivity index (χ2n) is 9.55. The highest BCUT2D eigenvalue weighted by atomic mass is 32.1. The summed E-state index contributed by atoms with van der Waals surface area (Å²) < 4.78 is 26.3. The molecule has 0 fully saturated rings. The van der Waals surface area contributed by atoms with Crippen molar-refractivity contribution in [3.8, 4) is 11.5 Å². The van der Waals surface area contributed by atoms with E-state index in [1.807, 2.05) is 12.1 Å². The summed E-state index contributed by atoms with van der Waals surface area (Å²) >= 11 is 1.27. The first-order valence-corrected chi connectivity index (χ1v) is 12.1. The van der Waals surface area contributed by atoms with Gasteiger partial charge in [-0.25, -0.2) is 9.38 Å². The normalized spacial score (nSPS) is 19.2. The minimum atomic E-state index is -0.625. The largest absolute Gasteiger partial charge is 0.493 e. The fourth-order valence-electron chi connectivity index (χ4n) is 4.80. The molecule has 0 saturated heterocycles. The third-order valence-electron chi connectivity index (χ3n) is 6.39. The SMILES string of the molecule is COc1ccc(C2C3=C(CC(C)(C)CC3=O)N=c3sc(=Cc4ccc(F)cc4)c(=O)n32)cc1OC. The van der Waals surface area contributed by atoms with Crippen LogP contribution < -0.4 is 24.4 Å². The van der Waals surface area contributed by atoms with Gasteiger partial charge in [-0.05, 0) is 53.3 Å². The lowest BCUT2D eigenvalue weighted by Gasteiger charge is -2.35. The molecular weight excluding hydrogens is 467 g/mol. The zero-order valence-electron chi connectivity index (χ0n) is 19.9. The van der Waals surface area contributed by atoms with Crippen molar-refractivity contribution in [1.82, 2.24) is 4.57 Å². The van der Waals surface area contributed by atoms with Gasteiger partial charge in [0.15, 0.2) is 22.1 Å². The van der Waals surface area contributed by atoms with Gasteiger partial charge in [-0.2, -0.15) is 0 Å². The molecule has 0 radical (unpaired) electrons. The van der Waals surface area contributed by atoms with Gasteiger partial charge in [0.2, 0.25) is 0 Å². The number of fused-ring (bicyclic) bond motifs is 1. The van der Waals surface area contributed by atoms with Gasteiger partial charge in [0.05, 0.1) is 30.5 Å². The maximum Gasteiger partial charge on any atom is 0.271 e. The number of hydrogen-bond acceptors (Lipinski definition) is 6. The van der Waals surface area contributed by atoms with Gasteiger partial charge in [-0.1, -0.05) is 43.4 Å². The van der Waals surface area contributed by atoms with Crippen LogP contribution in [0, 0.1) is 11.2 Å². The summed E-state index contributed by atoms with van der Waals surface area (Å²) in [5.74, 6) is 0.727. The van der Waals surface area contributed by atoms with Crippen LogP contribution in [0.5, 0.6) is 11.5 Å². The lowest BCUT2D eigenvalue weighted by atomic mass is 9.73. The molecule has 180 valence electrons. The Morgan fingerprint density at radius 1 is 1.06 bits per heavy atom. The first-order chi connectivity index (χ1) is 16.7. The van der Waals surface area contributed by atoms with E-state index in [1.54, 1.807) is 43.1 Å². The minimum Gasteiger partial charge on any atom is -0.493 e. The first-order valence-electron chi connectivity index (χ1n) is 11.3. The number of Topliss-reactive ketones (excluding diaryl/α,β-unsaturated/α-hetero) is 1. The van der Waals surface area contributed by atoms with E-state index in [-0.39, 0.29) is 22.6 Å². The van der Waals surface area contributed by atoms with E-state index >= 15 is 0 Å². The van der Waals surface area contributed by atoms with Gasteiger partial charge in [0.1, 0.15) is 5.82 Å². The van der Waals surface area contributed by atoms with E-state index in [9.17, 15) is 14.0 Å². The second-order valence-corrected chi connectivity index (χ2v) is 10.6. The number of nitrogens with zero attached hydrogens (tertiary/aromatic N) is 2. The molecule has 6 nitrogen and oxygen atoms in total. The average molecular weight is 493 g/mol. The van der Waals surface area contributed by atoms with Crippen LogP contribution in [0.4, 0.5) is 4.39 Å². The number of rotatable bonds is 4. The van der Waals surface area contributed by atoms with Gasteiger partial charge >= 0.3 is 0 Å². The van der Waals surface area contributed by atoms with E-state index in [1.165, 1.54) is 23.5 Å². The highest BCUT2D eigenvalue weighted by Gasteiger charge is 2.40. The number of ether oxygens (including phenoxy) is 2. The third kappa shape index (κ3) is 4.12. The highest BCUT2D eigenvalue weighted by Crippen LogP contribution is 2.44. The van der Waals surface area contributed by atoms with E-state index in [0.29, 0.717) is 44.8 Å². The quantitative estimate of drug-likeness (QED) is 0.556. The van der Waals surface area contributed by atoms with Crippen molar-refractivity contribution in [3.63, 3.8) is 0 Å². The molecule has 1 aliphatic heterocycles. The Labute approximate surface area is 205 Å². The van der Waals surface area contributed by atoms with Crippen molar-refractivity contribution in [1.29, 1.82) is 0 Å². The highest BCUT2D eigenvalue weighted by molar-refractivity contribution is 7.07. The number of allylic oxidation sites excluding steroid dienone is 2. The molecule has 2 aromatic carbocycles. The number of carbonyl (C=O) groups excluding carboxylic acids is 1. The predicted molar refractivity (Wildman–Crippen MR) is 132 cm³/mol. The standard InChI is InChI=1S/C27H25FN2O4S/c1-27(2)13-18-23(19(31)14-27)24(16-7-10-20(33-3)21(12-16)34-4)30-25(32)22(35-26(30)29-18)11-15-5-8-17(28)9-6-15/h5-12,24H,13-14H2,1-4H3. The van der Waals surface area contributed by atoms with Crippen molar-refractivity contribution >= 4 is 23.2 Å². The number of methoxy groups -OCH3 is 2. The fraction of sp³-hybridized carbons (Fsp3) is 0.296. The van der Waals surface area contributed by atoms with Crippen LogP contribution >= 0.6 is 11.3 Å². The number of hydrogen-bond donors (Lipinski definition) is 0. The van der Waals surface area contributed by atoms with Crippen LogP contribution in [-0.4, -0.2) is 24.6 Å². The number of ketones is 1. The molecule has 8 heteroatoms. The van der Waals surface area contributed by atoms with Gasteiger partial charge in [-0.3, -0.25) is 14.2 Å². The van der Waals surface area contributed by atoms with Crippen molar-refractivity contribution in [2.45, 2.75) is 32.7 Å². The number of carbonyl (C=O) groups is 1. The van der Waals surface area contributed by atoms with Crippen molar-refractivity contribution in [2.75, 3.05) is 14.2 Å². The van der Waals surface area contributed by atoms with Crippen LogP contribution in [0.2, 0.25) is 0 Å². The molecule has 0 amide bonds. The third-order valence-corrected chi connectivity index (χ3v) is 7.37. The molecule has 0 spiro atoms. The maximum absolute atomic E-state index is 13.7. The van der Waals surface area contributed by atoms with Crippen molar-refractivity contribution in [3.05, 3.63) is 90.4 Å². The molecular formula is C27H25FN2O4S. The van der Waals surface area contributed by atoms with E-state index in [0.717, 1.165) is 11.3 Å². The molecule has 2 heterocycles. The monoisotopic (exact) mass is 492 g/mol. The van der Waals surface area contributed by atoms with Crippen LogP contribution in [-0.2, 0) is 4.79 Å². The summed E-state index contributed by atoms with van der Waals surface area (Å²) in [4.78, 5) is 32.4. The number of halogens is 1. The molecule has 1 aromatic heterocycles. The Kier molecular flexibility index (Phi) is 5.71. The van der Waals surface area contributed by atoms with Gasteiger partial charge in [0, 0.05) is 12.0 Å². The second kappa shape index (κ2) is 8.61. The molecule has 0 bridgehead atoms. The topological polar surface area (TPSA) is 69.9 Å². The number of thiazole rings is 1. The molecule has 0 N–H and O–H groups in total. The Balaban J connectivity index is 1.76. The van der Waals surface area contributed by atoms with Crippen LogP contribution in [0.25, 0.3) is 6.08 Å². The van der Waals surface area contributed by atoms with Crippen LogP contribution in [0.3, 0.4) is 0 Å². The molecule has 2 aliphatic rings. The predicted octanol–water partition coefficient (Wildman–Crippen LogP) is 3.76. The first kappa shape index (κ1) is 23.2. The summed E-state index contributed by atoms with van der Waals surface area (Å²) in [6.45, 7) is 4.11. The van der Waals surface area contributed by atoms with Crippen molar-refractivity contribution < 1.29 is 18.7 Å². The lowest BCUT2D eigenvalue weighted by Crippen LogP contribution is -2.42. The van der Waals surface area contributed by atoms with E-state index in [4.69, 9.17) is 14.5 Å². The number of benzene rings is 2. The Morgan fingerprint density at radius 3 is 2.46 bits per heavy atom. The summed E-state index contributed by atoms with van der Waals surface area (Å²) in [6.07, 6.45) is 2.75. The van der Waals surface area contributed by atoms with Gasteiger partial charge in [-0.15, -0.1) is 0 Å². The molecule has 1 aliphatic carbocycles. The fourth-order valence-corrected chi connectivity index (χ4v) is 5.82. The minimum absolute atomic E-state index is 0.00685. The average Bonchev–Trinajstić information content (AvgIpc) is 3.12.